The first kappa shape index (κ1) is 48.5. The molecule has 0 aromatic heterocycles. The van der Waals surface area contributed by atoms with E-state index in [1.807, 2.05) is 70.2 Å². The molecule has 0 radical (unpaired) electrons. The molecule has 3 atom stereocenters. The van der Waals surface area contributed by atoms with Crippen LogP contribution in [0.5, 0.6) is 5.75 Å². The van der Waals surface area contributed by atoms with Gasteiger partial charge in [0, 0.05) is 13.5 Å². The predicted octanol–water partition coefficient (Wildman–Crippen LogP) is 4.90. The lowest BCUT2D eigenvalue weighted by atomic mass is 9.93. The number of aliphatic hydroxyl groups excluding tert-OH is 1. The molecule has 2 aromatic rings. The Morgan fingerprint density at radius 3 is 2.11 bits per heavy atom. The summed E-state index contributed by atoms with van der Waals surface area (Å²) in [5, 5.41) is 22.5. The van der Waals surface area contributed by atoms with Crippen LogP contribution >= 0.6 is 11.6 Å². The summed E-state index contributed by atoms with van der Waals surface area (Å²) in [6, 6.07) is 13.3. The zero-order valence-electron chi connectivity index (χ0n) is 32.1. The van der Waals surface area contributed by atoms with Crippen molar-refractivity contribution in [2.24, 2.45) is 28.7 Å². The van der Waals surface area contributed by atoms with Gasteiger partial charge in [0.25, 0.3) is 0 Å². The van der Waals surface area contributed by atoms with Crippen molar-refractivity contribution < 1.29 is 48.4 Å². The van der Waals surface area contributed by atoms with Crippen molar-refractivity contribution in [2.75, 3.05) is 20.2 Å². The number of carbonyl (C=O) groups excluding carboxylic acids is 4. The van der Waals surface area contributed by atoms with Crippen LogP contribution < -0.4 is 21.5 Å². The van der Waals surface area contributed by atoms with E-state index in [0.717, 1.165) is 28.9 Å². The number of primary amides is 1. The molecule has 0 aliphatic heterocycles. The number of carboxylic acids is 1. The maximum absolute atomic E-state index is 11.9. The molecule has 13 nitrogen and oxygen atoms in total. The van der Waals surface area contributed by atoms with Gasteiger partial charge in [-0.15, -0.1) is 0 Å². The smallest absolute Gasteiger partial charge is 0.345 e. The van der Waals surface area contributed by atoms with Gasteiger partial charge in [0.1, 0.15) is 12.4 Å². The molecule has 3 unspecified atom stereocenters. The van der Waals surface area contributed by atoms with E-state index >= 15 is 0 Å². The summed E-state index contributed by atoms with van der Waals surface area (Å²) >= 11 is 5.80. The molecule has 296 valence electrons. The Kier molecular flexibility index (Phi) is 23.4. The van der Waals surface area contributed by atoms with Gasteiger partial charge in [-0.2, -0.15) is 0 Å². The second-order valence-electron chi connectivity index (χ2n) is 13.6. The summed E-state index contributed by atoms with van der Waals surface area (Å²) in [5.41, 5.74) is 12.3. The zero-order valence-corrected chi connectivity index (χ0v) is 32.9. The second kappa shape index (κ2) is 25.5. The van der Waals surface area contributed by atoms with E-state index in [9.17, 15) is 29.1 Å². The van der Waals surface area contributed by atoms with Gasteiger partial charge in [0.15, 0.2) is 6.10 Å². The van der Waals surface area contributed by atoms with Crippen molar-refractivity contribution in [1.29, 1.82) is 0 Å². The maximum Gasteiger partial charge on any atom is 0.345 e. The minimum Gasteiger partial charge on any atom is -0.495 e. The summed E-state index contributed by atoms with van der Waals surface area (Å²) in [6.45, 7) is 12.4. The van der Waals surface area contributed by atoms with Crippen molar-refractivity contribution in [3.05, 3.63) is 76.3 Å². The molecule has 2 aromatic carbocycles. The highest BCUT2D eigenvalue weighted by molar-refractivity contribution is 6.32. The summed E-state index contributed by atoms with van der Waals surface area (Å²) in [6.07, 6.45) is 3.74. The van der Waals surface area contributed by atoms with Crippen LogP contribution in [0.25, 0.3) is 0 Å². The first-order chi connectivity index (χ1) is 24.7. The Bertz CT molecular complexity index is 1480. The van der Waals surface area contributed by atoms with E-state index in [0.29, 0.717) is 17.9 Å². The summed E-state index contributed by atoms with van der Waals surface area (Å²) in [4.78, 5) is 55.4. The Morgan fingerprint density at radius 1 is 1.02 bits per heavy atom. The number of nitrogens with two attached hydrogens (primary N) is 2. The van der Waals surface area contributed by atoms with Crippen LogP contribution in [0.4, 0.5) is 0 Å². The summed E-state index contributed by atoms with van der Waals surface area (Å²) in [5.74, 6) is -1.99. The van der Waals surface area contributed by atoms with Crippen molar-refractivity contribution in [1.82, 2.24) is 5.32 Å². The van der Waals surface area contributed by atoms with Gasteiger partial charge in [-0.1, -0.05) is 68.8 Å². The molecule has 0 saturated heterocycles. The van der Waals surface area contributed by atoms with Gasteiger partial charge < -0.3 is 41.2 Å². The van der Waals surface area contributed by atoms with E-state index < -0.39 is 41.4 Å². The zero-order chi connectivity index (χ0) is 40.7. The van der Waals surface area contributed by atoms with E-state index in [2.05, 4.69) is 5.32 Å². The monoisotopic (exact) mass is 763 g/mol. The minimum atomic E-state index is -1.16. The average Bonchev–Trinajstić information content (AvgIpc) is 3.08. The minimum absolute atomic E-state index is 0.104. The molecule has 0 heterocycles. The Morgan fingerprint density at radius 2 is 1.62 bits per heavy atom. The molecule has 2 rings (SSSR count). The van der Waals surface area contributed by atoms with Crippen LogP contribution in [0.1, 0.15) is 77.5 Å². The third-order valence-electron chi connectivity index (χ3n) is 7.61. The number of ether oxygens (including phenoxy) is 3. The molecular formula is C39H58ClN3O10. The van der Waals surface area contributed by atoms with Crippen LogP contribution in [0.2, 0.25) is 5.02 Å². The van der Waals surface area contributed by atoms with Crippen LogP contribution in [-0.2, 0) is 46.5 Å². The van der Waals surface area contributed by atoms with Gasteiger partial charge in [-0.3, -0.25) is 19.2 Å². The molecule has 0 aliphatic rings. The first-order valence-corrected chi connectivity index (χ1v) is 17.7. The number of hydrogen-bond acceptors (Lipinski definition) is 10. The largest absolute Gasteiger partial charge is 0.495 e. The molecule has 2 amide bonds. The van der Waals surface area contributed by atoms with E-state index in [-0.39, 0.29) is 43.9 Å². The lowest BCUT2D eigenvalue weighted by Gasteiger charge is -2.25. The molecule has 0 aliphatic carbocycles. The number of benzene rings is 2. The Balaban J connectivity index is 0.000000827. The summed E-state index contributed by atoms with van der Waals surface area (Å²) < 4.78 is 15.0. The molecular weight excluding hydrogens is 706 g/mol. The molecule has 0 bridgehead atoms. The van der Waals surface area contributed by atoms with Gasteiger partial charge in [-0.05, 0) is 93.2 Å². The molecule has 53 heavy (non-hydrogen) atoms. The second-order valence-corrected chi connectivity index (χ2v) is 14.0. The lowest BCUT2D eigenvalue weighted by molar-refractivity contribution is -0.171. The number of aryl methyl sites for hydroxylation is 1. The van der Waals surface area contributed by atoms with Gasteiger partial charge in [-0.25, -0.2) is 4.79 Å². The highest BCUT2D eigenvalue weighted by atomic mass is 35.5. The number of rotatable bonds is 18. The molecule has 0 saturated carbocycles. The van der Waals surface area contributed by atoms with Crippen LogP contribution in [-0.4, -0.2) is 72.3 Å². The van der Waals surface area contributed by atoms with Gasteiger partial charge >= 0.3 is 17.9 Å². The fraction of sp³-hybridized carbons (Fsp3) is 0.513. The van der Waals surface area contributed by atoms with Crippen LogP contribution in [0.3, 0.4) is 0 Å². The number of aliphatic carboxylic acids is 1. The topological polar surface area (TPSA) is 218 Å². The number of esters is 2. The van der Waals surface area contributed by atoms with Gasteiger partial charge in [0.05, 0.1) is 30.2 Å². The van der Waals surface area contributed by atoms with Crippen molar-refractivity contribution in [2.45, 2.75) is 93.0 Å². The third kappa shape index (κ3) is 22.3. The number of allylic oxidation sites excluding steroid dienone is 1. The quantitative estimate of drug-likeness (QED) is 0.102. The predicted molar refractivity (Wildman–Crippen MR) is 204 cm³/mol. The number of nitrogens with one attached hydrogen (secondary N) is 1. The number of halogens is 1. The molecule has 7 N–H and O–H groups in total. The number of aliphatic hydroxyl groups is 1. The van der Waals surface area contributed by atoms with Crippen molar-refractivity contribution in [3.63, 3.8) is 0 Å². The van der Waals surface area contributed by atoms with E-state index in [4.69, 9.17) is 42.4 Å². The SMILES string of the molecule is CC(=O)NCC(C)(C)C(=O)OC(CC(C)C)C(=O)O.CC(CC/C=C/C(N)=O)C(O)Cc1ccc(COC(=O)CN)cc1.COc1ccc(C)cc1Cl. The first-order valence-electron chi connectivity index (χ1n) is 17.3. The van der Waals surface area contributed by atoms with E-state index in [1.54, 1.807) is 27.0 Å². The lowest BCUT2D eigenvalue weighted by Crippen LogP contribution is -2.42. The fourth-order valence-corrected chi connectivity index (χ4v) is 4.61. The molecule has 14 heteroatoms. The van der Waals surface area contributed by atoms with Gasteiger partial charge in [0.2, 0.25) is 11.8 Å². The standard InChI is InChI=1S/C18H26N2O4.C13H23NO5.C8H9ClO/c1-13(4-2-3-5-17(20)22)16(21)10-14-6-8-15(9-7-14)12-24-18(23)11-19;1-8(2)6-10(11(16)17)19-12(18)13(4,5)7-14-9(3)15;1-6-3-4-8(10-2)7(9)5-6/h3,5-9,13,16,21H,2,4,10-12,19H2,1H3,(H2,20,22);8,10H,6-7H2,1-5H3,(H,14,15)(H,16,17);3-5H,1-2H3/b5-3+;;. The molecule has 0 fully saturated rings. The Hall–Kier alpha value is -4.46. The molecule has 0 spiro atoms. The van der Waals surface area contributed by atoms with Crippen LogP contribution in [0, 0.1) is 24.2 Å². The number of methoxy groups -OCH3 is 1. The fourth-order valence-electron chi connectivity index (χ4n) is 4.29. The maximum atomic E-state index is 11.9. The number of carbonyl (C=O) groups is 5. The summed E-state index contributed by atoms with van der Waals surface area (Å²) in [7, 11) is 1.61. The van der Waals surface area contributed by atoms with Crippen LogP contribution in [0.15, 0.2) is 54.6 Å². The number of hydrogen-bond donors (Lipinski definition) is 5. The number of amides is 2. The number of carboxylic acid groups (broad SMARTS) is 1. The highest BCUT2D eigenvalue weighted by Gasteiger charge is 2.34. The third-order valence-corrected chi connectivity index (χ3v) is 7.91. The average molecular weight is 764 g/mol. The highest BCUT2D eigenvalue weighted by Crippen LogP contribution is 2.24. The Labute approximate surface area is 318 Å². The van der Waals surface area contributed by atoms with Crippen molar-refractivity contribution >= 4 is 41.3 Å². The van der Waals surface area contributed by atoms with E-state index in [1.165, 1.54) is 13.0 Å². The van der Waals surface area contributed by atoms with Crippen molar-refractivity contribution in [3.8, 4) is 5.75 Å². The normalized spacial score (nSPS) is 12.6.